The number of carbonyl (C=O) groups is 3. The molecule has 6 nitrogen and oxygen atoms in total. The van der Waals surface area contributed by atoms with E-state index in [4.69, 9.17) is 4.74 Å². The van der Waals surface area contributed by atoms with E-state index in [1.165, 1.54) is 24.3 Å². The van der Waals surface area contributed by atoms with Crippen LogP contribution in [-0.2, 0) is 9.53 Å². The van der Waals surface area contributed by atoms with Crippen LogP contribution < -0.4 is 4.90 Å². The zero-order chi connectivity index (χ0) is 22.0. The third-order valence-electron chi connectivity index (χ3n) is 4.92. The van der Waals surface area contributed by atoms with Crippen molar-refractivity contribution in [1.29, 1.82) is 0 Å². The molecule has 0 unspecified atom stereocenters. The molecular weight excluding hydrogens is 394 g/mol. The molecule has 0 saturated carbocycles. The Hall–Kier alpha value is -4.19. The van der Waals surface area contributed by atoms with Gasteiger partial charge in [0.25, 0.3) is 11.8 Å². The maximum absolute atomic E-state index is 13.4. The summed E-state index contributed by atoms with van der Waals surface area (Å²) in [5, 5.41) is 9.52. The zero-order valence-electron chi connectivity index (χ0n) is 16.7. The van der Waals surface area contributed by atoms with Crippen molar-refractivity contribution in [2.75, 3.05) is 11.5 Å². The fourth-order valence-electron chi connectivity index (χ4n) is 3.43. The van der Waals surface area contributed by atoms with Crippen molar-refractivity contribution < 1.29 is 24.2 Å². The van der Waals surface area contributed by atoms with Gasteiger partial charge < -0.3 is 9.84 Å². The average Bonchev–Trinajstić information content (AvgIpc) is 2.78. The van der Waals surface area contributed by atoms with E-state index in [2.05, 4.69) is 0 Å². The topological polar surface area (TPSA) is 83.9 Å². The second-order valence-corrected chi connectivity index (χ2v) is 6.91. The molecule has 0 aromatic heterocycles. The minimum Gasteiger partial charge on any atom is -0.508 e. The van der Waals surface area contributed by atoms with Crippen LogP contribution in [0.2, 0.25) is 0 Å². The normalized spacial score (nSPS) is 14.5. The smallest absolute Gasteiger partial charge is 0.338 e. The highest BCUT2D eigenvalue weighted by atomic mass is 16.5. The lowest BCUT2D eigenvalue weighted by molar-refractivity contribution is -0.112. The number of carbonyl (C=O) groups excluding carboxylic acids is 3. The van der Waals surface area contributed by atoms with Crippen LogP contribution in [0, 0.1) is 0 Å². The van der Waals surface area contributed by atoms with Crippen LogP contribution in [0.3, 0.4) is 0 Å². The highest BCUT2D eigenvalue weighted by molar-refractivity contribution is 6.43. The average molecular weight is 413 g/mol. The molecule has 0 spiro atoms. The molecule has 0 aliphatic carbocycles. The highest BCUT2D eigenvalue weighted by Gasteiger charge is 2.35. The number of aromatic hydroxyl groups is 1. The van der Waals surface area contributed by atoms with Gasteiger partial charge in [0.05, 0.1) is 17.9 Å². The molecule has 1 N–H and O–H groups in total. The van der Waals surface area contributed by atoms with Gasteiger partial charge in [-0.15, -0.1) is 0 Å². The largest absolute Gasteiger partial charge is 0.508 e. The van der Waals surface area contributed by atoms with Crippen molar-refractivity contribution in [2.24, 2.45) is 0 Å². The number of imide groups is 1. The van der Waals surface area contributed by atoms with E-state index < -0.39 is 17.8 Å². The molecule has 0 atom stereocenters. The highest BCUT2D eigenvalue weighted by Crippen LogP contribution is 2.33. The Balaban J connectivity index is 1.78. The van der Waals surface area contributed by atoms with Crippen LogP contribution in [0.1, 0.15) is 38.8 Å². The van der Waals surface area contributed by atoms with E-state index in [9.17, 15) is 19.5 Å². The van der Waals surface area contributed by atoms with Gasteiger partial charge in [-0.2, -0.15) is 0 Å². The third-order valence-corrected chi connectivity index (χ3v) is 4.92. The van der Waals surface area contributed by atoms with E-state index in [-0.39, 0.29) is 12.4 Å². The zero-order valence-corrected chi connectivity index (χ0v) is 16.7. The summed E-state index contributed by atoms with van der Waals surface area (Å²) >= 11 is 0. The molecule has 1 aliphatic heterocycles. The monoisotopic (exact) mass is 413 g/mol. The number of fused-ring (bicyclic) bond motifs is 1. The van der Waals surface area contributed by atoms with E-state index in [0.29, 0.717) is 33.5 Å². The minimum atomic E-state index is -0.472. The number of esters is 1. The van der Waals surface area contributed by atoms with Gasteiger partial charge in [0.1, 0.15) is 5.75 Å². The van der Waals surface area contributed by atoms with Crippen LogP contribution in [0.15, 0.2) is 72.8 Å². The number of ether oxygens (including phenoxy) is 1. The van der Waals surface area contributed by atoms with Gasteiger partial charge in [-0.05, 0) is 66.6 Å². The molecule has 2 amide bonds. The Morgan fingerprint density at radius 2 is 1.55 bits per heavy atom. The number of amides is 2. The summed E-state index contributed by atoms with van der Waals surface area (Å²) in [6.07, 6.45) is 1.69. The van der Waals surface area contributed by atoms with Gasteiger partial charge in [0.2, 0.25) is 0 Å². The molecule has 1 heterocycles. The van der Waals surface area contributed by atoms with Crippen molar-refractivity contribution in [3.8, 4) is 5.75 Å². The Morgan fingerprint density at radius 3 is 2.19 bits per heavy atom. The second-order valence-electron chi connectivity index (χ2n) is 6.91. The van der Waals surface area contributed by atoms with Crippen molar-refractivity contribution in [2.45, 2.75) is 6.92 Å². The third kappa shape index (κ3) is 3.83. The molecule has 1 aliphatic rings. The van der Waals surface area contributed by atoms with E-state index in [1.807, 2.05) is 0 Å². The number of hydrogen-bond acceptors (Lipinski definition) is 5. The predicted octanol–water partition coefficient (Wildman–Crippen LogP) is 4.30. The molecule has 4 rings (SSSR count). The summed E-state index contributed by atoms with van der Waals surface area (Å²) in [6.45, 7) is 1.97. The Bertz CT molecular complexity index is 1190. The first-order chi connectivity index (χ1) is 15.0. The number of anilines is 1. The molecule has 3 aromatic carbocycles. The molecule has 0 bridgehead atoms. The van der Waals surface area contributed by atoms with Gasteiger partial charge in [-0.1, -0.05) is 30.3 Å². The van der Waals surface area contributed by atoms with Crippen molar-refractivity contribution >= 4 is 35.1 Å². The van der Waals surface area contributed by atoms with Crippen LogP contribution >= 0.6 is 0 Å². The minimum absolute atomic E-state index is 0.121. The summed E-state index contributed by atoms with van der Waals surface area (Å²) in [5.74, 6) is -1.26. The van der Waals surface area contributed by atoms with Crippen LogP contribution in [0.25, 0.3) is 11.6 Å². The fraction of sp³-hybridized carbons (Fsp3) is 0.0800. The van der Waals surface area contributed by atoms with Gasteiger partial charge in [-0.3, -0.25) is 9.59 Å². The Morgan fingerprint density at radius 1 is 0.903 bits per heavy atom. The molecule has 31 heavy (non-hydrogen) atoms. The fourth-order valence-corrected chi connectivity index (χ4v) is 3.43. The number of phenols is 1. The first-order valence-corrected chi connectivity index (χ1v) is 9.75. The quantitative estimate of drug-likeness (QED) is 0.392. The molecule has 6 heteroatoms. The lowest BCUT2D eigenvalue weighted by Crippen LogP contribution is -2.41. The van der Waals surface area contributed by atoms with E-state index >= 15 is 0 Å². The second kappa shape index (κ2) is 8.28. The number of hydrogen-bond donors (Lipinski definition) is 1. The van der Waals surface area contributed by atoms with Crippen LogP contribution in [0.5, 0.6) is 5.75 Å². The first kappa shape index (κ1) is 20.1. The Labute approximate surface area is 179 Å². The molecule has 0 radical (unpaired) electrons. The van der Waals surface area contributed by atoms with Gasteiger partial charge in [-0.25, -0.2) is 9.69 Å². The summed E-state index contributed by atoms with van der Waals surface area (Å²) in [4.78, 5) is 39.5. The van der Waals surface area contributed by atoms with E-state index in [0.717, 1.165) is 4.90 Å². The molecule has 0 fully saturated rings. The van der Waals surface area contributed by atoms with Gasteiger partial charge in [0, 0.05) is 11.1 Å². The number of benzene rings is 3. The first-order valence-electron chi connectivity index (χ1n) is 9.75. The van der Waals surface area contributed by atoms with Crippen molar-refractivity contribution in [3.63, 3.8) is 0 Å². The summed E-state index contributed by atoms with van der Waals surface area (Å²) < 4.78 is 4.98. The Kier molecular flexibility index (Phi) is 5.37. The molecule has 0 saturated heterocycles. The van der Waals surface area contributed by atoms with Gasteiger partial charge in [0.15, 0.2) is 0 Å². The lowest BCUT2D eigenvalue weighted by Gasteiger charge is -2.28. The maximum atomic E-state index is 13.4. The molecule has 154 valence electrons. The number of nitrogens with zero attached hydrogens (tertiary/aromatic N) is 1. The summed E-state index contributed by atoms with van der Waals surface area (Å²) in [5.41, 5.74) is 2.71. The maximum Gasteiger partial charge on any atom is 0.338 e. The molecule has 3 aromatic rings. The van der Waals surface area contributed by atoms with Crippen LogP contribution in [0.4, 0.5) is 5.69 Å². The number of rotatable bonds is 4. The van der Waals surface area contributed by atoms with Crippen molar-refractivity contribution in [3.05, 3.63) is 95.1 Å². The SMILES string of the molecule is CCOC(=O)c1ccc(N2C(=O)/C(=C\c3ccc(O)cc3)c3ccccc3C2=O)cc1. The number of phenolic OH excluding ortho intramolecular Hbond substituents is 1. The predicted molar refractivity (Wildman–Crippen MR) is 117 cm³/mol. The standard InChI is InChI=1S/C25H19NO5/c1-2-31-25(30)17-9-11-18(12-10-17)26-23(28)21-6-4-3-5-20(21)22(24(26)29)15-16-7-13-19(27)14-8-16/h3-15,27H,2H2,1H3/b22-15-. The van der Waals surface area contributed by atoms with E-state index in [1.54, 1.807) is 61.5 Å². The lowest BCUT2D eigenvalue weighted by atomic mass is 9.91. The van der Waals surface area contributed by atoms with Crippen LogP contribution in [-0.4, -0.2) is 29.5 Å². The summed E-state index contributed by atoms with van der Waals surface area (Å²) in [7, 11) is 0. The van der Waals surface area contributed by atoms with Crippen molar-refractivity contribution in [1.82, 2.24) is 0 Å². The van der Waals surface area contributed by atoms with Gasteiger partial charge >= 0.3 is 5.97 Å². The molecular formula is C25H19NO5. The summed E-state index contributed by atoms with van der Waals surface area (Å²) in [6, 6.07) is 19.5.